The Labute approximate surface area is 190 Å². The summed E-state index contributed by atoms with van der Waals surface area (Å²) in [5.74, 6) is -0.937. The molecule has 0 spiro atoms. The molecule has 1 aliphatic heterocycles. The number of aliphatic carboxylic acids is 1. The van der Waals surface area contributed by atoms with Gasteiger partial charge in [-0.2, -0.15) is 10.2 Å². The van der Waals surface area contributed by atoms with Gasteiger partial charge in [-0.3, -0.25) is 9.69 Å². The van der Waals surface area contributed by atoms with Crippen LogP contribution in [-0.4, -0.2) is 45.3 Å². The van der Waals surface area contributed by atoms with Gasteiger partial charge < -0.3 is 14.4 Å². The van der Waals surface area contributed by atoms with Gasteiger partial charge in [-0.1, -0.05) is 11.2 Å². The van der Waals surface area contributed by atoms with Crippen molar-refractivity contribution in [2.45, 2.75) is 32.9 Å². The topological polar surface area (TPSA) is 112 Å². The average Bonchev–Trinajstić information content (AvgIpc) is 3.44. The smallest absolute Gasteiger partial charge is 0.307 e. The number of carbonyl (C=O) groups is 1. The van der Waals surface area contributed by atoms with Gasteiger partial charge in [0, 0.05) is 18.7 Å². The summed E-state index contributed by atoms with van der Waals surface area (Å²) in [5, 5.41) is 22.4. The summed E-state index contributed by atoms with van der Waals surface area (Å²) in [7, 11) is 0. The Kier molecular flexibility index (Phi) is 6.38. The fraction of sp³-hybridized carbons (Fsp3) is 0.333. The number of hydrogen-bond acceptors (Lipinski definition) is 7. The van der Waals surface area contributed by atoms with Crippen molar-refractivity contribution in [3.05, 3.63) is 53.3 Å². The molecule has 1 unspecified atom stereocenters. The van der Waals surface area contributed by atoms with Crippen molar-refractivity contribution in [2.75, 3.05) is 13.1 Å². The minimum absolute atomic E-state index is 0.0760. The lowest BCUT2D eigenvalue weighted by Crippen LogP contribution is -2.22. The first kappa shape index (κ1) is 22.4. The van der Waals surface area contributed by atoms with Crippen molar-refractivity contribution in [1.82, 2.24) is 15.0 Å². The van der Waals surface area contributed by atoms with Crippen LogP contribution in [0.15, 0.2) is 40.9 Å². The predicted molar refractivity (Wildman–Crippen MR) is 117 cm³/mol. The van der Waals surface area contributed by atoms with Gasteiger partial charge in [0.15, 0.2) is 0 Å². The number of nitrogens with zero attached hydrogens (tertiary/aromatic N) is 4. The SMILES string of the molecule is CC(C)Oc1ccc(-c2nc(-c3ccc(CN4CCC(C(=O)O)C4)cc3F)no2)cc1C#N. The van der Waals surface area contributed by atoms with Crippen LogP contribution >= 0.6 is 0 Å². The van der Waals surface area contributed by atoms with Crippen molar-refractivity contribution in [3.8, 4) is 34.7 Å². The third-order valence-electron chi connectivity index (χ3n) is 5.44. The highest BCUT2D eigenvalue weighted by molar-refractivity contribution is 5.70. The third kappa shape index (κ3) is 5.02. The van der Waals surface area contributed by atoms with Crippen LogP contribution in [-0.2, 0) is 11.3 Å². The molecule has 1 aromatic heterocycles. The van der Waals surface area contributed by atoms with E-state index in [1.165, 1.54) is 6.07 Å². The molecule has 8 nitrogen and oxygen atoms in total. The molecule has 0 bridgehead atoms. The van der Waals surface area contributed by atoms with Crippen molar-refractivity contribution >= 4 is 5.97 Å². The number of aromatic nitrogens is 2. The summed E-state index contributed by atoms with van der Waals surface area (Å²) in [6.07, 6.45) is 0.521. The molecule has 1 saturated heterocycles. The van der Waals surface area contributed by atoms with E-state index in [-0.39, 0.29) is 29.3 Å². The second-order valence-corrected chi connectivity index (χ2v) is 8.29. The number of nitriles is 1. The first-order chi connectivity index (χ1) is 15.8. The van der Waals surface area contributed by atoms with E-state index in [2.05, 4.69) is 16.2 Å². The molecule has 9 heteroatoms. The van der Waals surface area contributed by atoms with Crippen LogP contribution in [0.5, 0.6) is 5.75 Å². The van der Waals surface area contributed by atoms with E-state index in [4.69, 9.17) is 14.4 Å². The Balaban J connectivity index is 1.51. The molecule has 170 valence electrons. The van der Waals surface area contributed by atoms with Crippen LogP contribution in [0.25, 0.3) is 22.8 Å². The van der Waals surface area contributed by atoms with Crippen LogP contribution in [0.2, 0.25) is 0 Å². The molecule has 3 aromatic rings. The molecule has 0 amide bonds. The highest BCUT2D eigenvalue weighted by atomic mass is 19.1. The predicted octanol–water partition coefficient (Wildman–Crippen LogP) is 4.11. The Hall–Kier alpha value is -3.77. The zero-order valence-corrected chi connectivity index (χ0v) is 18.3. The van der Waals surface area contributed by atoms with Gasteiger partial charge in [-0.05, 0) is 62.7 Å². The number of carboxylic acids is 1. The summed E-state index contributed by atoms with van der Waals surface area (Å²) in [6.45, 7) is 5.34. The number of rotatable bonds is 7. The number of hydrogen-bond donors (Lipinski definition) is 1. The Morgan fingerprint density at radius 1 is 1.36 bits per heavy atom. The lowest BCUT2D eigenvalue weighted by Gasteiger charge is -2.15. The molecule has 1 fully saturated rings. The van der Waals surface area contributed by atoms with Gasteiger partial charge in [0.1, 0.15) is 17.6 Å². The van der Waals surface area contributed by atoms with Gasteiger partial charge >= 0.3 is 5.97 Å². The zero-order valence-electron chi connectivity index (χ0n) is 18.3. The quantitative estimate of drug-likeness (QED) is 0.572. The Morgan fingerprint density at radius 2 is 2.18 bits per heavy atom. The average molecular weight is 450 g/mol. The minimum atomic E-state index is -0.795. The van der Waals surface area contributed by atoms with E-state index in [0.29, 0.717) is 42.9 Å². The van der Waals surface area contributed by atoms with Crippen LogP contribution in [0.1, 0.15) is 31.4 Å². The maximum atomic E-state index is 14.8. The van der Waals surface area contributed by atoms with Crippen LogP contribution in [0.3, 0.4) is 0 Å². The number of likely N-dealkylation sites (tertiary alicyclic amines) is 1. The number of benzene rings is 2. The summed E-state index contributed by atoms with van der Waals surface area (Å²) in [4.78, 5) is 17.4. The number of ether oxygens (including phenoxy) is 1. The van der Waals surface area contributed by atoms with Crippen LogP contribution < -0.4 is 4.74 Å². The Bertz CT molecular complexity index is 1220. The van der Waals surface area contributed by atoms with Crippen molar-refractivity contribution in [3.63, 3.8) is 0 Å². The van der Waals surface area contributed by atoms with Crippen LogP contribution in [0, 0.1) is 23.1 Å². The van der Waals surface area contributed by atoms with E-state index in [9.17, 15) is 14.4 Å². The molecule has 2 heterocycles. The lowest BCUT2D eigenvalue weighted by molar-refractivity contribution is -0.141. The molecule has 1 N–H and O–H groups in total. The normalized spacial score (nSPS) is 16.2. The largest absolute Gasteiger partial charge is 0.490 e. The molecule has 1 atom stereocenters. The van der Waals surface area contributed by atoms with E-state index < -0.39 is 11.8 Å². The molecular formula is C24H23FN4O4. The summed E-state index contributed by atoms with van der Waals surface area (Å²) in [5.41, 5.74) is 1.80. The molecule has 0 radical (unpaired) electrons. The van der Waals surface area contributed by atoms with Gasteiger partial charge in [0.05, 0.1) is 23.1 Å². The molecule has 2 aromatic carbocycles. The monoisotopic (exact) mass is 450 g/mol. The van der Waals surface area contributed by atoms with Crippen molar-refractivity contribution in [1.29, 1.82) is 5.26 Å². The summed E-state index contributed by atoms with van der Waals surface area (Å²) < 4.78 is 25.8. The van der Waals surface area contributed by atoms with E-state index in [1.54, 1.807) is 30.3 Å². The highest BCUT2D eigenvalue weighted by Gasteiger charge is 2.28. The molecule has 1 aliphatic rings. The second-order valence-electron chi connectivity index (χ2n) is 8.29. The summed E-state index contributed by atoms with van der Waals surface area (Å²) >= 11 is 0. The highest BCUT2D eigenvalue weighted by Crippen LogP contribution is 2.29. The minimum Gasteiger partial charge on any atom is -0.490 e. The fourth-order valence-electron chi connectivity index (χ4n) is 3.83. The van der Waals surface area contributed by atoms with Crippen molar-refractivity contribution in [2.24, 2.45) is 5.92 Å². The van der Waals surface area contributed by atoms with E-state index >= 15 is 0 Å². The lowest BCUT2D eigenvalue weighted by atomic mass is 10.1. The zero-order chi connectivity index (χ0) is 23.5. The number of halogens is 1. The standard InChI is InChI=1S/C24H23FN4O4/c1-14(2)32-21-6-4-16(10-18(21)11-26)23-27-22(28-33-23)19-5-3-15(9-20(19)25)12-29-8-7-17(13-29)24(30)31/h3-6,9-10,14,17H,7-8,12-13H2,1-2H3,(H,30,31). The molecule has 33 heavy (non-hydrogen) atoms. The maximum Gasteiger partial charge on any atom is 0.307 e. The third-order valence-corrected chi connectivity index (χ3v) is 5.44. The molecular weight excluding hydrogens is 427 g/mol. The van der Waals surface area contributed by atoms with Gasteiger partial charge in [0.2, 0.25) is 5.82 Å². The molecule has 4 rings (SSSR count). The molecule has 0 saturated carbocycles. The second kappa shape index (κ2) is 9.38. The fourth-order valence-corrected chi connectivity index (χ4v) is 3.83. The summed E-state index contributed by atoms with van der Waals surface area (Å²) in [6, 6.07) is 11.8. The van der Waals surface area contributed by atoms with Crippen molar-refractivity contribution < 1.29 is 23.6 Å². The van der Waals surface area contributed by atoms with Gasteiger partial charge in [-0.25, -0.2) is 4.39 Å². The molecule has 0 aliphatic carbocycles. The van der Waals surface area contributed by atoms with E-state index in [0.717, 1.165) is 5.56 Å². The maximum absolute atomic E-state index is 14.8. The first-order valence-electron chi connectivity index (χ1n) is 10.6. The number of carboxylic acid groups (broad SMARTS) is 1. The van der Waals surface area contributed by atoms with Crippen LogP contribution in [0.4, 0.5) is 4.39 Å². The van der Waals surface area contributed by atoms with E-state index in [1.807, 2.05) is 18.7 Å². The first-order valence-corrected chi connectivity index (χ1v) is 10.6. The van der Waals surface area contributed by atoms with Gasteiger partial charge in [0.25, 0.3) is 5.89 Å². The van der Waals surface area contributed by atoms with Gasteiger partial charge in [-0.15, -0.1) is 0 Å². The Morgan fingerprint density at radius 3 is 2.85 bits per heavy atom.